The largest absolute Gasteiger partial charge is 0.347 e. The average molecular weight is 286 g/mol. The van der Waals surface area contributed by atoms with Crippen LogP contribution >= 0.6 is 35.5 Å². The maximum atomic E-state index is 11.7. The molecule has 86 valence electrons. The molecule has 2 heterocycles. The highest BCUT2D eigenvalue weighted by Crippen LogP contribution is 2.27. The number of nitrogens with one attached hydrogen (secondary N) is 2. The SMILES string of the molecule is O=c1[nH][nH]c(=S)n1-c1c(Cl)ccc2nsnc12. The zero-order valence-electron chi connectivity index (χ0n) is 8.10. The van der Waals surface area contributed by atoms with Gasteiger partial charge in [-0.25, -0.2) is 14.5 Å². The number of nitrogens with zero attached hydrogens (tertiary/aromatic N) is 3. The van der Waals surface area contributed by atoms with E-state index in [9.17, 15) is 4.79 Å². The number of H-pyrrole nitrogens is 2. The van der Waals surface area contributed by atoms with E-state index in [4.69, 9.17) is 23.8 Å². The first kappa shape index (κ1) is 10.6. The zero-order valence-corrected chi connectivity index (χ0v) is 10.5. The van der Waals surface area contributed by atoms with Crippen LogP contribution in [-0.2, 0) is 0 Å². The van der Waals surface area contributed by atoms with Gasteiger partial charge in [0.05, 0.1) is 16.8 Å². The summed E-state index contributed by atoms with van der Waals surface area (Å²) in [5.74, 6) is 0. The minimum Gasteiger partial charge on any atom is -0.272 e. The molecule has 0 aliphatic rings. The van der Waals surface area contributed by atoms with Gasteiger partial charge in [-0.05, 0) is 24.4 Å². The third-order valence-corrected chi connectivity index (χ3v) is 3.39. The van der Waals surface area contributed by atoms with E-state index in [2.05, 4.69) is 18.9 Å². The molecule has 3 aromatic rings. The van der Waals surface area contributed by atoms with E-state index in [-0.39, 0.29) is 4.77 Å². The molecule has 0 aliphatic carbocycles. The van der Waals surface area contributed by atoms with Gasteiger partial charge in [-0.2, -0.15) is 8.75 Å². The molecule has 0 amide bonds. The van der Waals surface area contributed by atoms with Crippen molar-refractivity contribution in [2.24, 2.45) is 0 Å². The second-order valence-corrected chi connectivity index (χ2v) is 4.55. The number of aromatic amines is 2. The van der Waals surface area contributed by atoms with E-state index >= 15 is 0 Å². The molecule has 0 unspecified atom stereocenters. The van der Waals surface area contributed by atoms with E-state index < -0.39 is 5.69 Å². The average Bonchev–Trinajstić information content (AvgIpc) is 2.88. The lowest BCUT2D eigenvalue weighted by Crippen LogP contribution is -2.15. The Kier molecular flexibility index (Phi) is 2.35. The molecule has 17 heavy (non-hydrogen) atoms. The quantitative estimate of drug-likeness (QED) is 0.669. The lowest BCUT2D eigenvalue weighted by atomic mass is 10.2. The van der Waals surface area contributed by atoms with Gasteiger partial charge in [-0.15, -0.1) is 0 Å². The summed E-state index contributed by atoms with van der Waals surface area (Å²) in [6, 6.07) is 3.41. The summed E-state index contributed by atoms with van der Waals surface area (Å²) in [5.41, 5.74) is 1.29. The van der Waals surface area contributed by atoms with Crippen LogP contribution in [0.2, 0.25) is 5.02 Å². The summed E-state index contributed by atoms with van der Waals surface area (Å²) >= 11 is 12.2. The summed E-state index contributed by atoms with van der Waals surface area (Å²) < 4.78 is 9.72. The molecule has 0 saturated heterocycles. The van der Waals surface area contributed by atoms with Crippen molar-refractivity contribution < 1.29 is 0 Å². The molecule has 0 fully saturated rings. The number of rotatable bonds is 1. The van der Waals surface area contributed by atoms with Crippen molar-refractivity contribution in [3.63, 3.8) is 0 Å². The summed E-state index contributed by atoms with van der Waals surface area (Å²) in [4.78, 5) is 11.7. The summed E-state index contributed by atoms with van der Waals surface area (Å²) in [7, 11) is 0. The summed E-state index contributed by atoms with van der Waals surface area (Å²) in [5, 5.41) is 5.35. The zero-order chi connectivity index (χ0) is 12.0. The number of hydrogen-bond acceptors (Lipinski definition) is 5. The topological polar surface area (TPSA) is 79.4 Å². The Balaban J connectivity index is 2.53. The lowest BCUT2D eigenvalue weighted by Gasteiger charge is -2.03. The van der Waals surface area contributed by atoms with Gasteiger partial charge in [-0.1, -0.05) is 11.6 Å². The van der Waals surface area contributed by atoms with Crippen molar-refractivity contribution in [3.05, 3.63) is 32.4 Å². The molecule has 0 atom stereocenters. The Hall–Kier alpha value is -1.51. The van der Waals surface area contributed by atoms with Crippen LogP contribution in [0.25, 0.3) is 16.7 Å². The number of hydrogen-bond donors (Lipinski definition) is 2. The maximum absolute atomic E-state index is 11.7. The standard InChI is InChI=1S/C8H4ClN5OS2/c9-3-1-2-4-5(13-17-12-4)6(3)14-7(15)10-11-8(14)16/h1-2H,(H,10,15)(H,11,16). The first-order chi connectivity index (χ1) is 8.18. The van der Waals surface area contributed by atoms with Crippen LogP contribution in [-0.4, -0.2) is 23.5 Å². The van der Waals surface area contributed by atoms with Crippen LogP contribution in [0.1, 0.15) is 0 Å². The van der Waals surface area contributed by atoms with Crippen LogP contribution in [0.5, 0.6) is 0 Å². The second-order valence-electron chi connectivity index (χ2n) is 3.22. The first-order valence-electron chi connectivity index (χ1n) is 4.49. The van der Waals surface area contributed by atoms with E-state index in [1.54, 1.807) is 12.1 Å². The van der Waals surface area contributed by atoms with Crippen molar-refractivity contribution in [2.75, 3.05) is 0 Å². The van der Waals surface area contributed by atoms with Crippen molar-refractivity contribution in [1.29, 1.82) is 0 Å². The highest BCUT2D eigenvalue weighted by atomic mass is 35.5. The van der Waals surface area contributed by atoms with Crippen LogP contribution in [0.3, 0.4) is 0 Å². The first-order valence-corrected chi connectivity index (χ1v) is 6.01. The minimum absolute atomic E-state index is 0.234. The van der Waals surface area contributed by atoms with Crippen molar-refractivity contribution in [1.82, 2.24) is 23.5 Å². The molecule has 0 aliphatic heterocycles. The van der Waals surface area contributed by atoms with Gasteiger partial charge >= 0.3 is 5.69 Å². The highest BCUT2D eigenvalue weighted by Gasteiger charge is 2.14. The Morgan fingerprint density at radius 3 is 2.88 bits per heavy atom. The van der Waals surface area contributed by atoms with E-state index in [0.717, 1.165) is 11.7 Å². The molecule has 0 saturated carbocycles. The maximum Gasteiger partial charge on any atom is 0.347 e. The number of halogens is 1. The Morgan fingerprint density at radius 1 is 1.35 bits per heavy atom. The third kappa shape index (κ3) is 1.53. The van der Waals surface area contributed by atoms with Gasteiger partial charge in [0.15, 0.2) is 0 Å². The molecule has 6 nitrogen and oxygen atoms in total. The number of aromatic nitrogens is 5. The minimum atomic E-state index is -0.391. The molecular weight excluding hydrogens is 282 g/mol. The molecule has 0 bridgehead atoms. The van der Waals surface area contributed by atoms with Crippen LogP contribution in [0.15, 0.2) is 16.9 Å². The highest BCUT2D eigenvalue weighted by molar-refractivity contribution is 7.71. The second kappa shape index (κ2) is 3.76. The van der Waals surface area contributed by atoms with Gasteiger partial charge in [0.1, 0.15) is 16.7 Å². The van der Waals surface area contributed by atoms with Crippen molar-refractivity contribution >= 4 is 46.6 Å². The molecule has 0 spiro atoms. The number of fused-ring (bicyclic) bond motifs is 1. The van der Waals surface area contributed by atoms with Gasteiger partial charge in [0.25, 0.3) is 0 Å². The summed E-state index contributed by atoms with van der Waals surface area (Å²) in [6.07, 6.45) is 0. The third-order valence-electron chi connectivity index (χ3n) is 2.26. The van der Waals surface area contributed by atoms with Gasteiger partial charge < -0.3 is 0 Å². The molecule has 1 aromatic carbocycles. The van der Waals surface area contributed by atoms with E-state index in [1.807, 2.05) is 0 Å². The molecule has 2 aromatic heterocycles. The Morgan fingerprint density at radius 2 is 2.18 bits per heavy atom. The monoisotopic (exact) mass is 285 g/mol. The van der Waals surface area contributed by atoms with E-state index in [0.29, 0.717) is 21.7 Å². The molecular formula is C8H4ClN5OS2. The molecule has 9 heteroatoms. The fraction of sp³-hybridized carbons (Fsp3) is 0. The summed E-state index contributed by atoms with van der Waals surface area (Å²) in [6.45, 7) is 0. The van der Waals surface area contributed by atoms with Gasteiger partial charge in [-0.3, -0.25) is 5.10 Å². The predicted octanol–water partition coefficient (Wildman–Crippen LogP) is 1.88. The van der Waals surface area contributed by atoms with Crippen LogP contribution in [0.4, 0.5) is 0 Å². The van der Waals surface area contributed by atoms with E-state index in [1.165, 1.54) is 4.57 Å². The van der Waals surface area contributed by atoms with Gasteiger partial charge in [0.2, 0.25) is 4.77 Å². The Labute approximate surface area is 108 Å². The Bertz CT molecular complexity index is 786. The van der Waals surface area contributed by atoms with Crippen molar-refractivity contribution in [3.8, 4) is 5.69 Å². The fourth-order valence-corrected chi connectivity index (χ4v) is 2.54. The van der Waals surface area contributed by atoms with Crippen LogP contribution < -0.4 is 5.69 Å². The van der Waals surface area contributed by atoms with Gasteiger partial charge in [0, 0.05) is 0 Å². The molecule has 0 radical (unpaired) electrons. The molecule has 3 rings (SSSR count). The number of benzene rings is 1. The smallest absolute Gasteiger partial charge is 0.272 e. The van der Waals surface area contributed by atoms with Crippen LogP contribution in [0, 0.1) is 4.77 Å². The fourth-order valence-electron chi connectivity index (χ4n) is 1.54. The predicted molar refractivity (Wildman–Crippen MR) is 67.6 cm³/mol. The lowest BCUT2D eigenvalue weighted by molar-refractivity contribution is 0.982. The normalized spacial score (nSPS) is 11.1. The molecule has 2 N–H and O–H groups in total. The van der Waals surface area contributed by atoms with Crippen molar-refractivity contribution in [2.45, 2.75) is 0 Å².